The van der Waals surface area contributed by atoms with Crippen LogP contribution in [0.15, 0.2) is 57.8 Å². The molecule has 0 saturated carbocycles. The monoisotopic (exact) mass is 395 g/mol. The van der Waals surface area contributed by atoms with Crippen molar-refractivity contribution >= 4 is 40.9 Å². The van der Waals surface area contributed by atoms with Crippen LogP contribution in [-0.2, 0) is 4.79 Å². The summed E-state index contributed by atoms with van der Waals surface area (Å²) in [5.41, 5.74) is 0.951. The Balaban J connectivity index is 1.74. The first kappa shape index (κ1) is 17.9. The van der Waals surface area contributed by atoms with Gasteiger partial charge in [-0.3, -0.25) is 14.6 Å². The number of nitrogens with one attached hydrogen (secondary N) is 2. The summed E-state index contributed by atoms with van der Waals surface area (Å²) in [6.07, 6.45) is 3.31. The highest BCUT2D eigenvalue weighted by Gasteiger charge is 2.14. The van der Waals surface area contributed by atoms with Crippen LogP contribution in [0.2, 0.25) is 0 Å². The first-order valence-corrected chi connectivity index (χ1v) is 9.10. The molecule has 2 N–H and O–H groups in total. The van der Waals surface area contributed by atoms with Crippen molar-refractivity contribution in [2.24, 2.45) is 4.99 Å². The zero-order chi connectivity index (χ0) is 19.7. The molecular formula is C20H14FN3O3S. The molecule has 2 heterocycles. The lowest BCUT2D eigenvalue weighted by atomic mass is 10.1. The molecule has 0 aliphatic carbocycles. The van der Waals surface area contributed by atoms with Gasteiger partial charge in [0.25, 0.3) is 5.91 Å². The highest BCUT2D eigenvalue weighted by Crippen LogP contribution is 2.24. The van der Waals surface area contributed by atoms with Gasteiger partial charge in [-0.2, -0.15) is 0 Å². The van der Waals surface area contributed by atoms with Gasteiger partial charge in [-0.1, -0.05) is 11.3 Å². The predicted octanol–water partition coefficient (Wildman–Crippen LogP) is 2.35. The van der Waals surface area contributed by atoms with Gasteiger partial charge in [0.05, 0.1) is 17.3 Å². The summed E-state index contributed by atoms with van der Waals surface area (Å²) in [5, 5.41) is 4.35. The zero-order valence-corrected chi connectivity index (χ0v) is 15.5. The van der Waals surface area contributed by atoms with Gasteiger partial charge in [0, 0.05) is 16.5 Å². The number of thiazole rings is 1. The predicted molar refractivity (Wildman–Crippen MR) is 106 cm³/mol. The number of hydrogen-bond donors (Lipinski definition) is 2. The average Bonchev–Trinajstić information content (AvgIpc) is 3.02. The molecule has 0 saturated heterocycles. The molecule has 8 heteroatoms. The Morgan fingerprint density at radius 3 is 2.71 bits per heavy atom. The number of aromatic nitrogens is 1. The summed E-state index contributed by atoms with van der Waals surface area (Å²) in [5.74, 6) is 0.326. The van der Waals surface area contributed by atoms with Crippen LogP contribution in [0.1, 0.15) is 4.88 Å². The van der Waals surface area contributed by atoms with Crippen LogP contribution in [0.25, 0.3) is 12.2 Å². The van der Waals surface area contributed by atoms with Crippen molar-refractivity contribution in [3.8, 4) is 5.75 Å². The number of ether oxygens (including phenoxy) is 1. The standard InChI is InChI=1S/C20H14FN3O3S/c1-27-15-6-7-16-11(9-15)8-12(19(25)23-16)10-17-18(24-20(26)28-17)22-14-4-2-13(21)3-5-14/h2-10,22H,1H3,(H,24,26). The number of H-pyrrole nitrogens is 1. The fourth-order valence-electron chi connectivity index (χ4n) is 2.74. The van der Waals surface area contributed by atoms with E-state index in [2.05, 4.69) is 15.3 Å². The van der Waals surface area contributed by atoms with Crippen molar-refractivity contribution < 1.29 is 13.9 Å². The number of aromatic amines is 1. The number of nitrogens with zero attached hydrogens (tertiary/aromatic N) is 1. The van der Waals surface area contributed by atoms with E-state index in [9.17, 15) is 14.0 Å². The Morgan fingerprint density at radius 2 is 1.96 bits per heavy atom. The van der Waals surface area contributed by atoms with Crippen LogP contribution in [0.5, 0.6) is 5.75 Å². The average molecular weight is 395 g/mol. The second kappa shape index (κ2) is 7.24. The molecule has 4 rings (SSSR count). The summed E-state index contributed by atoms with van der Waals surface area (Å²) in [6.45, 7) is 0. The van der Waals surface area contributed by atoms with E-state index in [-0.39, 0.29) is 10.7 Å². The number of carbonyl (C=O) groups excluding carboxylic acids is 1. The molecule has 6 nitrogen and oxygen atoms in total. The number of carbonyl (C=O) groups is 1. The number of fused-ring (bicyclic) bond motifs is 1. The smallest absolute Gasteiger partial charge is 0.306 e. The van der Waals surface area contributed by atoms with Gasteiger partial charge in [0.2, 0.25) is 0 Å². The van der Waals surface area contributed by atoms with Crippen molar-refractivity contribution in [3.05, 3.63) is 79.0 Å². The van der Waals surface area contributed by atoms with Gasteiger partial charge < -0.3 is 10.1 Å². The van der Waals surface area contributed by atoms with E-state index in [1.807, 2.05) is 0 Å². The second-order valence-corrected chi connectivity index (χ2v) is 6.99. The second-order valence-electron chi connectivity index (χ2n) is 5.97. The maximum Gasteiger partial charge on any atom is 0.306 e. The zero-order valence-electron chi connectivity index (χ0n) is 14.7. The number of benzene rings is 2. The quantitative estimate of drug-likeness (QED) is 0.665. The molecule has 1 aliphatic heterocycles. The third-order valence-corrected chi connectivity index (χ3v) is 4.92. The van der Waals surface area contributed by atoms with Gasteiger partial charge in [-0.25, -0.2) is 9.38 Å². The van der Waals surface area contributed by atoms with Gasteiger partial charge >= 0.3 is 4.87 Å². The summed E-state index contributed by atoms with van der Waals surface area (Å²) >= 11 is 0.959. The fraction of sp³-hybridized carbons (Fsp3) is 0.0500. The summed E-state index contributed by atoms with van der Waals surface area (Å²) in [7, 11) is 1.56. The summed E-state index contributed by atoms with van der Waals surface area (Å²) in [6, 6.07) is 11.0. The normalized spacial score (nSPS) is 14.2. The molecule has 1 aromatic heterocycles. The Hall–Kier alpha value is -3.52. The highest BCUT2D eigenvalue weighted by atomic mass is 32.1. The fourth-order valence-corrected chi connectivity index (χ4v) is 3.48. The Labute approximate surface area is 162 Å². The van der Waals surface area contributed by atoms with Crippen molar-refractivity contribution in [2.45, 2.75) is 0 Å². The summed E-state index contributed by atoms with van der Waals surface area (Å²) in [4.78, 5) is 31.3. The molecule has 0 spiro atoms. The van der Waals surface area contributed by atoms with E-state index in [1.165, 1.54) is 12.1 Å². The van der Waals surface area contributed by atoms with E-state index in [0.29, 0.717) is 33.1 Å². The number of hydrogen-bond acceptors (Lipinski definition) is 5. The van der Waals surface area contributed by atoms with Crippen LogP contribution in [0.4, 0.5) is 15.9 Å². The van der Waals surface area contributed by atoms with Gasteiger partial charge in [0.1, 0.15) is 17.4 Å². The lowest BCUT2D eigenvalue weighted by Gasteiger charge is -2.07. The molecule has 0 atom stereocenters. The third-order valence-electron chi connectivity index (χ3n) is 4.09. The minimum Gasteiger partial charge on any atom is -0.497 e. The van der Waals surface area contributed by atoms with Crippen molar-refractivity contribution in [3.63, 3.8) is 0 Å². The Bertz CT molecular complexity index is 1270. The third kappa shape index (κ3) is 3.63. The largest absolute Gasteiger partial charge is 0.497 e. The molecule has 0 unspecified atom stereocenters. The highest BCUT2D eigenvalue weighted by molar-refractivity contribution is 7.10. The van der Waals surface area contributed by atoms with Crippen molar-refractivity contribution in [1.82, 2.24) is 4.98 Å². The lowest BCUT2D eigenvalue weighted by molar-refractivity contribution is -0.114. The number of amides is 1. The molecule has 3 aromatic rings. The molecule has 28 heavy (non-hydrogen) atoms. The first-order chi connectivity index (χ1) is 13.5. The topological polar surface area (TPSA) is 83.5 Å². The Morgan fingerprint density at radius 1 is 1.18 bits per heavy atom. The van der Waals surface area contributed by atoms with E-state index in [0.717, 1.165) is 16.6 Å². The molecule has 1 amide bonds. The van der Waals surface area contributed by atoms with Crippen LogP contribution < -0.4 is 25.5 Å². The molecule has 2 aromatic carbocycles. The molecular weight excluding hydrogens is 381 g/mol. The Kier molecular flexibility index (Phi) is 4.62. The number of anilines is 2. The maximum atomic E-state index is 13.1. The summed E-state index contributed by atoms with van der Waals surface area (Å²) < 4.78 is 18.3. The number of rotatable bonds is 4. The van der Waals surface area contributed by atoms with E-state index < -0.39 is 5.91 Å². The van der Waals surface area contributed by atoms with Crippen LogP contribution in [0, 0.1) is 5.82 Å². The van der Waals surface area contributed by atoms with Gasteiger partial charge in [0.15, 0.2) is 0 Å². The molecule has 0 fully saturated rings. The first-order valence-electron chi connectivity index (χ1n) is 8.28. The van der Waals surface area contributed by atoms with Gasteiger partial charge in [-0.05, 0) is 54.6 Å². The number of halogens is 1. The van der Waals surface area contributed by atoms with Crippen LogP contribution in [-0.4, -0.2) is 18.0 Å². The number of methoxy groups -OCH3 is 1. The molecule has 140 valence electrons. The van der Waals surface area contributed by atoms with Crippen molar-refractivity contribution in [2.75, 3.05) is 12.4 Å². The molecule has 0 radical (unpaired) electrons. The molecule has 1 aliphatic rings. The minimum atomic E-state index is -0.397. The van der Waals surface area contributed by atoms with Crippen LogP contribution in [0.3, 0.4) is 0 Å². The van der Waals surface area contributed by atoms with E-state index in [4.69, 9.17) is 4.74 Å². The molecule has 0 bridgehead atoms. The minimum absolute atomic E-state index is 0.279. The maximum absolute atomic E-state index is 13.1. The van der Waals surface area contributed by atoms with Crippen LogP contribution >= 0.6 is 11.3 Å². The van der Waals surface area contributed by atoms with Crippen molar-refractivity contribution in [1.29, 1.82) is 0 Å². The van der Waals surface area contributed by atoms with E-state index in [1.54, 1.807) is 49.6 Å². The van der Waals surface area contributed by atoms with Gasteiger partial charge in [-0.15, -0.1) is 0 Å². The lowest BCUT2D eigenvalue weighted by Crippen LogP contribution is -2.30. The SMILES string of the molecule is COc1ccc2c(c1)=CC(=Cc1sc(=O)[nH]c1Nc1ccc(F)cc1)C(=O)N=2. The van der Waals surface area contributed by atoms with E-state index >= 15 is 0 Å².